The Kier molecular flexibility index (Phi) is 4.85. The molecule has 4 nitrogen and oxygen atoms in total. The minimum absolute atomic E-state index is 0.0484. The van der Waals surface area contributed by atoms with Crippen LogP contribution in [0.4, 0.5) is 4.39 Å². The van der Waals surface area contributed by atoms with Crippen molar-refractivity contribution in [3.05, 3.63) is 29.8 Å². The van der Waals surface area contributed by atoms with Gasteiger partial charge < -0.3 is 14.4 Å². The molecule has 1 aromatic rings. The fourth-order valence-corrected chi connectivity index (χ4v) is 3.47. The average Bonchev–Trinajstić information content (AvgIpc) is 2.62. The monoisotopic (exact) mass is 321 g/mol. The molecule has 1 unspecified atom stereocenters. The van der Waals surface area contributed by atoms with E-state index in [0.717, 1.165) is 19.4 Å². The second-order valence-corrected chi connectivity index (χ2v) is 6.44. The molecule has 2 aliphatic rings. The van der Waals surface area contributed by atoms with Crippen LogP contribution in [0.15, 0.2) is 24.3 Å². The number of hydrogen-bond donors (Lipinski definition) is 0. The highest BCUT2D eigenvalue weighted by Crippen LogP contribution is 2.38. The number of nitrogens with zero attached hydrogens (tertiary/aromatic N) is 1. The molecule has 0 bridgehead atoms. The highest BCUT2D eigenvalue weighted by atomic mass is 19.1. The first-order valence-electron chi connectivity index (χ1n) is 8.32. The minimum atomic E-state index is -1.38. The van der Waals surface area contributed by atoms with E-state index < -0.39 is 5.67 Å². The largest absolute Gasteiger partial charge is 0.497 e. The SMILES string of the molecule is COc1cccc(C2(F)CCN(C(=O)C3CCCOC3)CC2)c1. The number of amides is 1. The van der Waals surface area contributed by atoms with Crippen molar-refractivity contribution in [3.8, 4) is 5.75 Å². The molecule has 0 radical (unpaired) electrons. The summed E-state index contributed by atoms with van der Waals surface area (Å²) >= 11 is 0. The van der Waals surface area contributed by atoms with Gasteiger partial charge in [-0.05, 0) is 30.5 Å². The highest BCUT2D eigenvalue weighted by Gasteiger charge is 2.39. The lowest BCUT2D eigenvalue weighted by Gasteiger charge is -2.38. The summed E-state index contributed by atoms with van der Waals surface area (Å²) in [6.45, 7) is 2.17. The molecule has 126 valence electrons. The maximum Gasteiger partial charge on any atom is 0.228 e. The summed E-state index contributed by atoms with van der Waals surface area (Å²) in [7, 11) is 1.58. The lowest BCUT2D eigenvalue weighted by Crippen LogP contribution is -2.47. The van der Waals surface area contributed by atoms with E-state index in [1.165, 1.54) is 0 Å². The maximum atomic E-state index is 15.3. The molecular weight excluding hydrogens is 297 g/mol. The van der Waals surface area contributed by atoms with E-state index in [9.17, 15) is 4.79 Å². The molecule has 1 amide bonds. The average molecular weight is 321 g/mol. The second kappa shape index (κ2) is 6.87. The Morgan fingerprint density at radius 3 is 2.83 bits per heavy atom. The van der Waals surface area contributed by atoms with Crippen LogP contribution >= 0.6 is 0 Å². The van der Waals surface area contributed by atoms with Crippen molar-refractivity contribution in [3.63, 3.8) is 0 Å². The molecular formula is C18H24FNO3. The van der Waals surface area contributed by atoms with E-state index in [-0.39, 0.29) is 11.8 Å². The molecule has 0 aromatic heterocycles. The lowest BCUT2D eigenvalue weighted by molar-refractivity contribution is -0.142. The third-order valence-electron chi connectivity index (χ3n) is 4.96. The first-order chi connectivity index (χ1) is 11.1. The summed E-state index contributed by atoms with van der Waals surface area (Å²) in [5.41, 5.74) is -0.737. The lowest BCUT2D eigenvalue weighted by atomic mass is 9.85. The number of halogens is 1. The fraction of sp³-hybridized carbons (Fsp3) is 0.611. The van der Waals surface area contributed by atoms with E-state index in [2.05, 4.69) is 0 Å². The quantitative estimate of drug-likeness (QED) is 0.859. The summed E-state index contributed by atoms with van der Waals surface area (Å²) < 4.78 is 25.9. The Morgan fingerprint density at radius 1 is 1.39 bits per heavy atom. The van der Waals surface area contributed by atoms with Crippen LogP contribution in [0.5, 0.6) is 5.75 Å². The molecule has 0 N–H and O–H groups in total. The molecule has 2 aliphatic heterocycles. The van der Waals surface area contributed by atoms with Crippen molar-refractivity contribution in [1.82, 2.24) is 4.90 Å². The van der Waals surface area contributed by atoms with Gasteiger partial charge in [-0.1, -0.05) is 12.1 Å². The van der Waals surface area contributed by atoms with Gasteiger partial charge in [0, 0.05) is 32.5 Å². The van der Waals surface area contributed by atoms with Crippen LogP contribution in [-0.4, -0.2) is 44.2 Å². The molecule has 2 saturated heterocycles. The zero-order valence-electron chi connectivity index (χ0n) is 13.6. The van der Waals surface area contributed by atoms with Gasteiger partial charge in [0.05, 0.1) is 19.6 Å². The van der Waals surface area contributed by atoms with Gasteiger partial charge in [0.2, 0.25) is 5.91 Å². The van der Waals surface area contributed by atoms with Crippen LogP contribution in [0, 0.1) is 5.92 Å². The zero-order valence-corrected chi connectivity index (χ0v) is 13.6. The second-order valence-electron chi connectivity index (χ2n) is 6.44. The highest BCUT2D eigenvalue weighted by molar-refractivity contribution is 5.79. The topological polar surface area (TPSA) is 38.8 Å². The summed E-state index contributed by atoms with van der Waals surface area (Å²) in [4.78, 5) is 14.3. The van der Waals surface area contributed by atoms with Crippen molar-refractivity contribution in [2.24, 2.45) is 5.92 Å². The van der Waals surface area contributed by atoms with E-state index in [1.54, 1.807) is 24.1 Å². The molecule has 0 spiro atoms. The van der Waals surface area contributed by atoms with Crippen molar-refractivity contribution in [1.29, 1.82) is 0 Å². The fourth-order valence-electron chi connectivity index (χ4n) is 3.47. The Balaban J connectivity index is 1.63. The number of piperidine rings is 1. The number of methoxy groups -OCH3 is 1. The van der Waals surface area contributed by atoms with E-state index >= 15 is 4.39 Å². The molecule has 0 aliphatic carbocycles. The zero-order chi connectivity index (χ0) is 16.3. The summed E-state index contributed by atoms with van der Waals surface area (Å²) in [6, 6.07) is 7.18. The Morgan fingerprint density at radius 2 is 2.17 bits per heavy atom. The number of rotatable bonds is 3. The van der Waals surface area contributed by atoms with Gasteiger partial charge in [-0.15, -0.1) is 0 Å². The number of carbonyl (C=O) groups excluding carboxylic acids is 1. The van der Waals surface area contributed by atoms with Gasteiger partial charge in [0.25, 0.3) is 0 Å². The van der Waals surface area contributed by atoms with Crippen molar-refractivity contribution in [2.45, 2.75) is 31.4 Å². The number of carbonyl (C=O) groups is 1. The van der Waals surface area contributed by atoms with Gasteiger partial charge in [-0.25, -0.2) is 4.39 Å². The molecule has 1 aromatic carbocycles. The van der Waals surface area contributed by atoms with Crippen LogP contribution in [0.2, 0.25) is 0 Å². The van der Waals surface area contributed by atoms with Crippen molar-refractivity contribution >= 4 is 5.91 Å². The Hall–Kier alpha value is -1.62. The first-order valence-corrected chi connectivity index (χ1v) is 8.32. The predicted molar refractivity (Wildman–Crippen MR) is 85.1 cm³/mol. The van der Waals surface area contributed by atoms with Crippen LogP contribution < -0.4 is 4.74 Å². The van der Waals surface area contributed by atoms with Gasteiger partial charge in [-0.2, -0.15) is 0 Å². The number of benzene rings is 1. The smallest absolute Gasteiger partial charge is 0.228 e. The molecule has 5 heteroatoms. The molecule has 23 heavy (non-hydrogen) atoms. The van der Waals surface area contributed by atoms with Crippen LogP contribution in [0.25, 0.3) is 0 Å². The standard InChI is InChI=1S/C18H24FNO3/c1-22-16-6-2-5-15(12-16)18(19)7-9-20(10-8-18)17(21)14-4-3-11-23-13-14/h2,5-6,12,14H,3-4,7-11,13H2,1H3. The Labute approximate surface area is 136 Å². The molecule has 2 fully saturated rings. The van der Waals surface area contributed by atoms with E-state index in [1.807, 2.05) is 12.1 Å². The van der Waals surface area contributed by atoms with Crippen molar-refractivity contribution in [2.75, 3.05) is 33.4 Å². The van der Waals surface area contributed by atoms with Gasteiger partial charge >= 0.3 is 0 Å². The summed E-state index contributed by atoms with van der Waals surface area (Å²) in [6.07, 6.45) is 2.48. The third-order valence-corrected chi connectivity index (χ3v) is 4.96. The van der Waals surface area contributed by atoms with Crippen LogP contribution in [-0.2, 0) is 15.2 Å². The van der Waals surface area contributed by atoms with Gasteiger partial charge in [0.15, 0.2) is 0 Å². The molecule has 2 heterocycles. The number of alkyl halides is 1. The maximum absolute atomic E-state index is 15.3. The summed E-state index contributed by atoms with van der Waals surface area (Å²) in [5, 5.41) is 0. The normalized spacial score (nSPS) is 24.3. The van der Waals surface area contributed by atoms with Crippen LogP contribution in [0.3, 0.4) is 0 Å². The number of hydrogen-bond acceptors (Lipinski definition) is 3. The molecule has 3 rings (SSSR count). The first kappa shape index (κ1) is 16.2. The van der Waals surface area contributed by atoms with Gasteiger partial charge in [-0.3, -0.25) is 4.79 Å². The third kappa shape index (κ3) is 3.50. The van der Waals surface area contributed by atoms with Crippen LogP contribution in [0.1, 0.15) is 31.2 Å². The Bertz CT molecular complexity index is 549. The molecule has 0 saturated carbocycles. The van der Waals surface area contributed by atoms with Gasteiger partial charge in [0.1, 0.15) is 11.4 Å². The van der Waals surface area contributed by atoms with Crippen molar-refractivity contribution < 1.29 is 18.7 Å². The summed E-state index contributed by atoms with van der Waals surface area (Å²) in [5.74, 6) is 0.738. The number of likely N-dealkylation sites (tertiary alicyclic amines) is 1. The predicted octanol–water partition coefficient (Wildman–Crippen LogP) is 2.91. The minimum Gasteiger partial charge on any atom is -0.497 e. The number of ether oxygens (including phenoxy) is 2. The van der Waals surface area contributed by atoms with E-state index in [0.29, 0.717) is 43.9 Å². The molecule has 1 atom stereocenters. The van der Waals surface area contributed by atoms with E-state index in [4.69, 9.17) is 9.47 Å².